The number of amides is 1. The molecule has 0 spiro atoms. The number of carbonyl (C=O) groups excluding carboxylic acids is 1. The minimum atomic E-state index is -0.483. The lowest BCUT2D eigenvalue weighted by molar-refractivity contribution is 0.0265. The molecular formula is C17H20N2O2. The number of hydrogen-bond acceptors (Lipinski definition) is 3. The second kappa shape index (κ2) is 6.06. The molecule has 1 saturated heterocycles. The van der Waals surface area contributed by atoms with E-state index in [9.17, 15) is 4.79 Å². The van der Waals surface area contributed by atoms with Crippen LogP contribution in [0.2, 0.25) is 0 Å². The Morgan fingerprint density at radius 1 is 1.52 bits per heavy atom. The fraction of sp³-hybridized carbons (Fsp3) is 0.529. The van der Waals surface area contributed by atoms with Crippen LogP contribution < -0.4 is 0 Å². The SMILES string of the molecule is C#CC#CC1=CN=C([C@@H]2CCCN2C(=O)OC(C)(C)C)C1. The Bertz CT molecular complexity index is 591. The third-order valence-corrected chi connectivity index (χ3v) is 3.32. The van der Waals surface area contributed by atoms with Gasteiger partial charge in [0.25, 0.3) is 0 Å². The molecule has 0 aromatic rings. The Labute approximate surface area is 126 Å². The fourth-order valence-corrected chi connectivity index (χ4v) is 2.50. The van der Waals surface area contributed by atoms with Crippen molar-refractivity contribution in [2.45, 2.75) is 51.7 Å². The number of carbonyl (C=O) groups is 1. The molecule has 0 unspecified atom stereocenters. The average molecular weight is 284 g/mol. The normalized spacial score (nSPS) is 21.0. The monoisotopic (exact) mass is 284 g/mol. The molecule has 4 nitrogen and oxygen atoms in total. The van der Waals surface area contributed by atoms with Gasteiger partial charge in [-0.15, -0.1) is 6.42 Å². The minimum absolute atomic E-state index is 0.0150. The molecule has 1 atom stereocenters. The second-order valence-corrected chi connectivity index (χ2v) is 6.18. The maximum Gasteiger partial charge on any atom is 0.410 e. The molecule has 2 aliphatic rings. The van der Waals surface area contributed by atoms with Crippen molar-refractivity contribution in [2.75, 3.05) is 6.54 Å². The lowest BCUT2D eigenvalue weighted by Gasteiger charge is -2.28. The van der Waals surface area contributed by atoms with Gasteiger partial charge in [0, 0.05) is 30.5 Å². The molecule has 110 valence electrons. The van der Waals surface area contributed by atoms with Crippen LogP contribution in [-0.2, 0) is 4.74 Å². The highest BCUT2D eigenvalue weighted by Gasteiger charge is 2.35. The average Bonchev–Trinajstić information content (AvgIpc) is 3.02. The van der Waals surface area contributed by atoms with Crippen LogP contribution in [0.5, 0.6) is 0 Å². The van der Waals surface area contributed by atoms with Gasteiger partial charge in [-0.2, -0.15) is 0 Å². The van der Waals surface area contributed by atoms with E-state index in [0.29, 0.717) is 13.0 Å². The molecule has 0 radical (unpaired) electrons. The summed E-state index contributed by atoms with van der Waals surface area (Å²) in [6, 6.07) is 0.0150. The lowest BCUT2D eigenvalue weighted by atomic mass is 10.0. The van der Waals surface area contributed by atoms with Gasteiger partial charge in [-0.3, -0.25) is 9.89 Å². The largest absolute Gasteiger partial charge is 0.444 e. The topological polar surface area (TPSA) is 41.9 Å². The molecule has 0 aromatic carbocycles. The third-order valence-electron chi connectivity index (χ3n) is 3.32. The highest BCUT2D eigenvalue weighted by Crippen LogP contribution is 2.26. The van der Waals surface area contributed by atoms with Crippen molar-refractivity contribution in [2.24, 2.45) is 4.99 Å². The summed E-state index contributed by atoms with van der Waals surface area (Å²) in [5.41, 5.74) is 1.39. The van der Waals surface area contributed by atoms with E-state index in [1.54, 1.807) is 11.1 Å². The fourth-order valence-electron chi connectivity index (χ4n) is 2.50. The Morgan fingerprint density at radius 2 is 2.29 bits per heavy atom. The molecule has 1 fully saturated rings. The van der Waals surface area contributed by atoms with Crippen molar-refractivity contribution < 1.29 is 9.53 Å². The lowest BCUT2D eigenvalue weighted by Crippen LogP contribution is -2.43. The van der Waals surface area contributed by atoms with E-state index in [2.05, 4.69) is 22.8 Å². The van der Waals surface area contributed by atoms with Crippen LogP contribution in [0.15, 0.2) is 16.8 Å². The first kappa shape index (κ1) is 15.2. The summed E-state index contributed by atoms with van der Waals surface area (Å²) in [6.45, 7) is 6.33. The number of ether oxygens (including phenoxy) is 1. The maximum absolute atomic E-state index is 12.3. The van der Waals surface area contributed by atoms with E-state index in [1.807, 2.05) is 20.8 Å². The molecule has 0 aromatic heterocycles. The number of hydrogen-bond donors (Lipinski definition) is 0. The van der Waals surface area contributed by atoms with Crippen molar-refractivity contribution in [1.29, 1.82) is 0 Å². The highest BCUT2D eigenvalue weighted by molar-refractivity contribution is 5.96. The zero-order chi connectivity index (χ0) is 15.5. The molecule has 2 heterocycles. The standard InChI is InChI=1S/C17H20N2O2/c1-5-6-8-13-11-14(18-12-13)15-9-7-10-19(15)16(20)21-17(2,3)4/h1,12,15H,7,9-11H2,2-4H3/t15-/m0/s1. The molecule has 1 amide bonds. The van der Waals surface area contributed by atoms with Crippen molar-refractivity contribution in [3.05, 3.63) is 11.8 Å². The van der Waals surface area contributed by atoms with Crippen LogP contribution in [0.3, 0.4) is 0 Å². The molecule has 4 heteroatoms. The van der Waals surface area contributed by atoms with Gasteiger partial charge in [-0.05, 0) is 45.5 Å². The number of allylic oxidation sites excluding steroid dienone is 1. The molecule has 0 N–H and O–H groups in total. The van der Waals surface area contributed by atoms with Gasteiger partial charge in [-0.1, -0.05) is 5.92 Å². The summed E-state index contributed by atoms with van der Waals surface area (Å²) in [7, 11) is 0. The van der Waals surface area contributed by atoms with Gasteiger partial charge >= 0.3 is 6.09 Å². The molecule has 0 aliphatic carbocycles. The molecule has 2 aliphatic heterocycles. The van der Waals surface area contributed by atoms with Crippen molar-refractivity contribution in [3.63, 3.8) is 0 Å². The second-order valence-electron chi connectivity index (χ2n) is 6.18. The van der Waals surface area contributed by atoms with Gasteiger partial charge in [-0.25, -0.2) is 4.79 Å². The summed E-state index contributed by atoms with van der Waals surface area (Å²) >= 11 is 0. The number of terminal acetylenes is 1. The van der Waals surface area contributed by atoms with Crippen LogP contribution >= 0.6 is 0 Å². The number of nitrogens with zero attached hydrogens (tertiary/aromatic N) is 2. The quantitative estimate of drug-likeness (QED) is 0.695. The van der Waals surface area contributed by atoms with Crippen molar-refractivity contribution in [1.82, 2.24) is 4.90 Å². The summed E-state index contributed by atoms with van der Waals surface area (Å²) in [5.74, 6) is 7.78. The third kappa shape index (κ3) is 3.89. The summed E-state index contributed by atoms with van der Waals surface area (Å²) < 4.78 is 5.46. The van der Waals surface area contributed by atoms with Crippen LogP contribution in [0.25, 0.3) is 0 Å². The maximum atomic E-state index is 12.3. The summed E-state index contributed by atoms with van der Waals surface area (Å²) in [4.78, 5) is 18.4. The van der Waals surface area contributed by atoms with Crippen LogP contribution in [0.4, 0.5) is 4.79 Å². The van der Waals surface area contributed by atoms with Crippen LogP contribution in [0, 0.1) is 24.2 Å². The molecule has 0 saturated carbocycles. The highest BCUT2D eigenvalue weighted by atomic mass is 16.6. The van der Waals surface area contributed by atoms with E-state index in [1.165, 1.54) is 0 Å². The van der Waals surface area contributed by atoms with E-state index < -0.39 is 5.60 Å². The number of aliphatic imine (C=N–C) groups is 1. The first-order valence-electron chi connectivity index (χ1n) is 7.12. The van der Waals surface area contributed by atoms with Crippen LogP contribution in [-0.4, -0.2) is 34.9 Å². The van der Waals surface area contributed by atoms with Gasteiger partial charge in [0.1, 0.15) is 5.60 Å². The first-order chi connectivity index (χ1) is 9.90. The van der Waals surface area contributed by atoms with Gasteiger partial charge in [0.15, 0.2) is 0 Å². The number of rotatable bonds is 1. The van der Waals surface area contributed by atoms with Crippen LogP contribution in [0.1, 0.15) is 40.0 Å². The predicted octanol–water partition coefficient (Wildman–Crippen LogP) is 2.75. The van der Waals surface area contributed by atoms with Gasteiger partial charge in [0.05, 0.1) is 6.04 Å². The first-order valence-corrected chi connectivity index (χ1v) is 7.12. The Kier molecular flexibility index (Phi) is 4.38. The molecule has 0 bridgehead atoms. The zero-order valence-corrected chi connectivity index (χ0v) is 12.8. The van der Waals surface area contributed by atoms with E-state index in [0.717, 1.165) is 24.1 Å². The zero-order valence-electron chi connectivity index (χ0n) is 12.8. The molecule has 21 heavy (non-hydrogen) atoms. The van der Waals surface area contributed by atoms with Crippen molar-refractivity contribution in [3.8, 4) is 24.2 Å². The minimum Gasteiger partial charge on any atom is -0.444 e. The van der Waals surface area contributed by atoms with E-state index in [4.69, 9.17) is 11.2 Å². The van der Waals surface area contributed by atoms with Gasteiger partial charge in [0.2, 0.25) is 0 Å². The smallest absolute Gasteiger partial charge is 0.410 e. The molecular weight excluding hydrogens is 264 g/mol. The van der Waals surface area contributed by atoms with E-state index >= 15 is 0 Å². The number of likely N-dealkylation sites (tertiary alicyclic amines) is 1. The van der Waals surface area contributed by atoms with E-state index in [-0.39, 0.29) is 12.1 Å². The Hall–Kier alpha value is -2.20. The Balaban J connectivity index is 2.01. The summed E-state index contributed by atoms with van der Waals surface area (Å²) in [6.07, 6.45) is 9.15. The van der Waals surface area contributed by atoms with Gasteiger partial charge < -0.3 is 4.74 Å². The Morgan fingerprint density at radius 3 is 2.95 bits per heavy atom. The molecule has 2 rings (SSSR count). The predicted molar refractivity (Wildman–Crippen MR) is 82.7 cm³/mol. The van der Waals surface area contributed by atoms with Crippen molar-refractivity contribution >= 4 is 11.8 Å². The summed E-state index contributed by atoms with van der Waals surface area (Å²) in [5, 5.41) is 0.